The Bertz CT molecular complexity index is 1410. The number of rotatable bonds is 8. The summed E-state index contributed by atoms with van der Waals surface area (Å²) in [5.41, 5.74) is 5.83. The number of benzene rings is 2. The van der Waals surface area contributed by atoms with Gasteiger partial charge in [0.1, 0.15) is 0 Å². The molecule has 2 atom stereocenters. The summed E-state index contributed by atoms with van der Waals surface area (Å²) in [6, 6.07) is 21.0. The first-order valence-corrected chi connectivity index (χ1v) is 13.5. The van der Waals surface area contributed by atoms with Gasteiger partial charge >= 0.3 is 113 Å². The van der Waals surface area contributed by atoms with Gasteiger partial charge in [0.15, 0.2) is 18.9 Å². The van der Waals surface area contributed by atoms with Gasteiger partial charge in [0.2, 0.25) is 0 Å². The van der Waals surface area contributed by atoms with E-state index >= 15 is 0 Å². The van der Waals surface area contributed by atoms with E-state index in [9.17, 15) is 0 Å². The number of hydrogen-bond donors (Lipinski definition) is 0. The molecule has 14 nitrogen and oxygen atoms in total. The molecule has 0 amide bonds. The molecule has 2 unspecified atom stereocenters. The Morgan fingerprint density at radius 1 is 0.611 bits per heavy atom. The number of ether oxygens (including phenoxy) is 3. The molecule has 276 valence electrons. The minimum atomic E-state index is -0.615. The van der Waals surface area contributed by atoms with Gasteiger partial charge in [0.05, 0.1) is 6.61 Å². The zero-order valence-corrected chi connectivity index (χ0v) is 31.4. The molecule has 2 aliphatic heterocycles. The van der Waals surface area contributed by atoms with Crippen LogP contribution in [0.5, 0.6) is 0 Å². The third-order valence-corrected chi connectivity index (χ3v) is 6.75. The summed E-state index contributed by atoms with van der Waals surface area (Å²) in [4.78, 5) is 2.39. The minimum Gasteiger partial charge on any atom is 0 e. The van der Waals surface area contributed by atoms with Crippen LogP contribution in [-0.4, -0.2) is 37.0 Å². The summed E-state index contributed by atoms with van der Waals surface area (Å²) < 4.78 is 93.1. The van der Waals surface area contributed by atoms with Gasteiger partial charge in [-0.1, -0.05) is 67.6 Å². The Morgan fingerprint density at radius 2 is 0.981 bits per heavy atom. The Hall–Kier alpha value is -3.94. The molecule has 0 N–H and O–H groups in total. The monoisotopic (exact) mass is 811 g/mol. The third-order valence-electron chi connectivity index (χ3n) is 6.75. The van der Waals surface area contributed by atoms with Crippen LogP contribution in [0.3, 0.4) is 0 Å². The first-order chi connectivity index (χ1) is 25.7. The topological polar surface area (TPSA) is 230 Å². The Kier molecular flexibility index (Phi) is 59.4. The van der Waals surface area contributed by atoms with Crippen LogP contribution in [-0.2, 0) is 95.5 Å². The van der Waals surface area contributed by atoms with Gasteiger partial charge in [-0.3, -0.25) is 0 Å². The Labute approximate surface area is 337 Å². The van der Waals surface area contributed by atoms with Crippen molar-refractivity contribution >= 4 is 11.3 Å². The van der Waals surface area contributed by atoms with E-state index in [1.165, 1.54) is 11.1 Å². The maximum atomic E-state index is 7.50. The molecule has 16 heteroatoms. The third kappa shape index (κ3) is 17.0. The van der Waals surface area contributed by atoms with Gasteiger partial charge in [0.25, 0.3) is 0 Å². The van der Waals surface area contributed by atoms with Gasteiger partial charge in [-0.15, -0.1) is 0 Å². The van der Waals surface area contributed by atoms with Crippen LogP contribution < -0.4 is 0 Å². The van der Waals surface area contributed by atoms with Crippen LogP contribution in [0.4, 0.5) is 0 Å². The minimum absolute atomic E-state index is 0. The molecule has 1 saturated heterocycles. The first kappa shape index (κ1) is 68.1. The molecule has 0 saturated carbocycles. The number of nitrogens with zero attached hydrogens (tertiary/aromatic N) is 1. The summed E-state index contributed by atoms with van der Waals surface area (Å²) >= 11 is 0. The molecule has 0 bridgehead atoms. The second-order valence-corrected chi connectivity index (χ2v) is 8.53. The average molecular weight is 812 g/mol. The summed E-state index contributed by atoms with van der Waals surface area (Å²) in [6.45, 7) is 60.4. The molecular formula is C38H29Cr2NO13. The molecule has 1 spiro atoms. The van der Waals surface area contributed by atoms with Crippen LogP contribution in [0.1, 0.15) is 38.3 Å². The van der Waals surface area contributed by atoms with Crippen molar-refractivity contribution in [2.45, 2.75) is 32.9 Å². The van der Waals surface area contributed by atoms with Crippen LogP contribution in [0, 0.1) is 85.1 Å². The number of hydrogen-bond acceptors (Lipinski definition) is 4. The van der Waals surface area contributed by atoms with E-state index in [2.05, 4.69) is 140 Å². The fourth-order valence-electron chi connectivity index (χ4n) is 5.59. The van der Waals surface area contributed by atoms with E-state index in [-0.39, 0.29) is 40.1 Å². The largest absolute Gasteiger partial charge is 0 e. The maximum Gasteiger partial charge on any atom is 0 e. The quantitative estimate of drug-likeness (QED) is 0.262. The molecular weight excluding hydrogens is 782 g/mol. The molecule has 2 aromatic rings. The van der Waals surface area contributed by atoms with E-state index in [4.69, 9.17) is 60.7 Å². The fourth-order valence-corrected chi connectivity index (χ4v) is 5.59. The van der Waals surface area contributed by atoms with Crippen molar-refractivity contribution in [2.75, 3.05) is 26.4 Å². The van der Waals surface area contributed by atoms with E-state index in [1.807, 2.05) is 26.0 Å². The van der Waals surface area contributed by atoms with Crippen LogP contribution in [0.2, 0.25) is 0 Å². The summed E-state index contributed by atoms with van der Waals surface area (Å²) in [7, 11) is 0. The van der Waals surface area contributed by atoms with Crippen LogP contribution in [0.25, 0.3) is 11.3 Å². The molecule has 5 rings (SSSR count). The van der Waals surface area contributed by atoms with Crippen LogP contribution in [0.15, 0.2) is 71.8 Å². The van der Waals surface area contributed by atoms with E-state index < -0.39 is 5.72 Å². The molecule has 4 radical (unpaired) electrons. The van der Waals surface area contributed by atoms with Crippen molar-refractivity contribution in [1.82, 2.24) is 4.90 Å². The van der Waals surface area contributed by atoms with Crippen molar-refractivity contribution in [2.24, 2.45) is 5.41 Å². The first-order valence-electron chi connectivity index (χ1n) is 13.5. The normalized spacial score (nSPS) is 16.2. The van der Waals surface area contributed by atoms with Crippen molar-refractivity contribution in [3.63, 3.8) is 0 Å². The van der Waals surface area contributed by atoms with Crippen molar-refractivity contribution in [3.05, 3.63) is 163 Å². The summed E-state index contributed by atoms with van der Waals surface area (Å²) in [5.74, 6) is 0. The zero-order chi connectivity index (χ0) is 42.2. The predicted molar refractivity (Wildman–Crippen MR) is 164 cm³/mol. The molecule has 2 aromatic carbocycles. The molecule has 3 aliphatic rings. The SMILES string of the molecule is CCO[C]C1=C(c2ccccc2)N2CCOC23C([C]OCC)=C(c2ccccc2)C3(C)C1.[C-]#[O+].[C-]#[O+].[C-]#[O+].[C-]#[O+].[C-]#[O+].[C-]#[O+].[C-]#[O+].[C-]#[O+].[C-]#[O+].[C-]#[O+].[Cr].[Cr]. The van der Waals surface area contributed by atoms with Gasteiger partial charge in [-0.05, 0) is 42.5 Å². The Morgan fingerprint density at radius 3 is 1.37 bits per heavy atom. The van der Waals surface area contributed by atoms with Gasteiger partial charge < -0.3 is 19.1 Å². The average Bonchev–Trinajstić information content (AvgIpc) is 3.74. The van der Waals surface area contributed by atoms with Crippen LogP contribution >= 0.6 is 0 Å². The fraction of sp³-hybridized carbons (Fsp3) is 0.263. The smallest absolute Gasteiger partial charge is 0 e. The van der Waals surface area contributed by atoms with Gasteiger partial charge in [-0.25, -0.2) is 0 Å². The predicted octanol–water partition coefficient (Wildman–Crippen LogP) is 5.07. The standard InChI is InChI=1S/C28H29NO3.10CO.2Cr/c1-4-30-19-23-18-27(3)25(21-12-8-6-9-13-21)24(20-31-5-2)28(27)29(16-17-32-28)26(23)22-14-10-7-11-15-22;10*1-2;;/h6-15H,4-5,16-18H2,1-3H3;;;;;;;;;;;;. The molecule has 2 heterocycles. The Balaban J connectivity index is -0.000000140. The molecule has 1 aliphatic carbocycles. The molecule has 54 heavy (non-hydrogen) atoms. The van der Waals surface area contributed by atoms with Crippen molar-refractivity contribution in [3.8, 4) is 0 Å². The van der Waals surface area contributed by atoms with E-state index in [0.29, 0.717) is 19.8 Å². The van der Waals surface area contributed by atoms with E-state index in [1.54, 1.807) is 0 Å². The molecule has 0 aromatic heterocycles. The second kappa shape index (κ2) is 47.1. The van der Waals surface area contributed by atoms with Gasteiger partial charge in [-0.2, -0.15) is 0 Å². The summed E-state index contributed by atoms with van der Waals surface area (Å²) in [6.07, 6.45) is 0.759. The summed E-state index contributed by atoms with van der Waals surface area (Å²) in [5, 5.41) is 0. The van der Waals surface area contributed by atoms with Gasteiger partial charge in [0, 0.05) is 71.2 Å². The maximum absolute atomic E-state index is 7.50. The molecule has 1 fully saturated rings. The van der Waals surface area contributed by atoms with E-state index in [0.717, 1.165) is 35.4 Å². The van der Waals surface area contributed by atoms with Crippen molar-refractivity contribution in [1.29, 1.82) is 0 Å². The second-order valence-electron chi connectivity index (χ2n) is 8.53. The van der Waals surface area contributed by atoms with Crippen molar-refractivity contribution < 1.29 is 95.5 Å². The zero-order valence-electron chi connectivity index (χ0n) is 28.9.